The van der Waals surface area contributed by atoms with Gasteiger partial charge in [-0.2, -0.15) is 0 Å². The number of benzene rings is 2. The Balaban J connectivity index is 1.55. The highest BCUT2D eigenvalue weighted by Gasteiger charge is 2.40. The molecular weight excluding hydrogens is 314 g/mol. The van der Waals surface area contributed by atoms with Gasteiger partial charge in [-0.15, -0.1) is 0 Å². The first kappa shape index (κ1) is 16.2. The summed E-state index contributed by atoms with van der Waals surface area (Å²) in [6.07, 6.45) is 4.26. The molecule has 130 valence electrons. The van der Waals surface area contributed by atoms with Crippen molar-refractivity contribution in [3.05, 3.63) is 54.1 Å². The molecule has 1 amide bonds. The van der Waals surface area contributed by atoms with Gasteiger partial charge in [0.15, 0.2) is 0 Å². The third kappa shape index (κ3) is 3.14. The number of piperidine rings is 2. The highest BCUT2D eigenvalue weighted by atomic mass is 16.3. The van der Waals surface area contributed by atoms with Crippen molar-refractivity contribution in [3.63, 3.8) is 0 Å². The highest BCUT2D eigenvalue weighted by Crippen LogP contribution is 2.35. The number of carbonyl (C=O) groups is 1. The molecule has 2 aromatic rings. The molecule has 4 rings (SSSR count). The van der Waals surface area contributed by atoms with Crippen LogP contribution in [0, 0.1) is 0 Å². The monoisotopic (exact) mass is 337 g/mol. The van der Waals surface area contributed by atoms with Crippen LogP contribution >= 0.6 is 0 Å². The van der Waals surface area contributed by atoms with E-state index in [0.717, 1.165) is 30.4 Å². The van der Waals surface area contributed by atoms with Crippen LogP contribution in [0.3, 0.4) is 0 Å². The minimum atomic E-state index is -0.267. The third-order valence-corrected chi connectivity index (χ3v) is 5.52. The molecule has 25 heavy (non-hydrogen) atoms. The molecule has 2 aliphatic heterocycles. The standard InChI is InChI=1S/C21H23NO3/c23-19-10-8-15(9-11-19)14-4-6-16(7-5-14)21(25)22-17-2-1-3-18(22)13-20(24)12-17/h4-11,17-18,20,23-24H,1-3,12-13H2/t17-,18+,20?. The minimum absolute atomic E-state index is 0.0823. The summed E-state index contributed by atoms with van der Waals surface area (Å²) >= 11 is 0. The molecule has 2 heterocycles. The molecule has 1 unspecified atom stereocenters. The predicted octanol–water partition coefficient (Wildman–Crippen LogP) is 3.58. The maximum atomic E-state index is 13.0. The van der Waals surface area contributed by atoms with E-state index >= 15 is 0 Å². The Hall–Kier alpha value is -2.33. The Morgan fingerprint density at radius 2 is 1.40 bits per heavy atom. The summed E-state index contributed by atoms with van der Waals surface area (Å²) in [6.45, 7) is 0. The number of amides is 1. The number of carbonyl (C=O) groups excluding carboxylic acids is 1. The molecule has 0 aliphatic carbocycles. The van der Waals surface area contributed by atoms with Crippen molar-refractivity contribution in [2.45, 2.75) is 50.3 Å². The van der Waals surface area contributed by atoms with E-state index in [0.29, 0.717) is 18.4 Å². The van der Waals surface area contributed by atoms with E-state index in [-0.39, 0.29) is 29.8 Å². The molecule has 2 fully saturated rings. The zero-order chi connectivity index (χ0) is 17.4. The summed E-state index contributed by atoms with van der Waals surface area (Å²) in [5.74, 6) is 0.327. The van der Waals surface area contributed by atoms with Gasteiger partial charge in [0, 0.05) is 17.6 Å². The molecule has 4 nitrogen and oxygen atoms in total. The fourth-order valence-electron chi connectivity index (χ4n) is 4.29. The lowest BCUT2D eigenvalue weighted by atomic mass is 9.82. The van der Waals surface area contributed by atoms with E-state index in [1.807, 2.05) is 41.3 Å². The molecule has 2 saturated heterocycles. The second-order valence-corrected chi connectivity index (χ2v) is 7.20. The Morgan fingerprint density at radius 3 is 1.96 bits per heavy atom. The van der Waals surface area contributed by atoms with Crippen LogP contribution < -0.4 is 0 Å². The van der Waals surface area contributed by atoms with Gasteiger partial charge in [0.05, 0.1) is 6.10 Å². The van der Waals surface area contributed by atoms with Gasteiger partial charge in [-0.3, -0.25) is 4.79 Å². The second-order valence-electron chi connectivity index (χ2n) is 7.20. The van der Waals surface area contributed by atoms with Gasteiger partial charge in [0.2, 0.25) is 0 Å². The van der Waals surface area contributed by atoms with Crippen molar-refractivity contribution in [2.75, 3.05) is 0 Å². The molecule has 2 aliphatic rings. The van der Waals surface area contributed by atoms with Crippen LogP contribution in [0.25, 0.3) is 11.1 Å². The summed E-state index contributed by atoms with van der Waals surface area (Å²) in [6, 6.07) is 15.1. The molecule has 0 radical (unpaired) electrons. The van der Waals surface area contributed by atoms with Gasteiger partial charge in [-0.05, 0) is 67.5 Å². The van der Waals surface area contributed by atoms with Gasteiger partial charge in [0.25, 0.3) is 5.91 Å². The number of fused-ring (bicyclic) bond motifs is 2. The first-order valence-corrected chi connectivity index (χ1v) is 9.02. The van der Waals surface area contributed by atoms with Crippen LogP contribution in [0.5, 0.6) is 5.75 Å². The lowest BCUT2D eigenvalue weighted by molar-refractivity contribution is -0.0150. The number of aliphatic hydroxyl groups is 1. The van der Waals surface area contributed by atoms with Crippen LogP contribution in [0.4, 0.5) is 0 Å². The van der Waals surface area contributed by atoms with E-state index in [2.05, 4.69) is 0 Å². The molecule has 2 aromatic carbocycles. The maximum absolute atomic E-state index is 13.0. The normalized spacial score (nSPS) is 25.6. The van der Waals surface area contributed by atoms with Gasteiger partial charge >= 0.3 is 0 Å². The molecule has 0 spiro atoms. The minimum Gasteiger partial charge on any atom is -0.508 e. The van der Waals surface area contributed by atoms with Gasteiger partial charge in [0.1, 0.15) is 5.75 Å². The summed E-state index contributed by atoms with van der Waals surface area (Å²) < 4.78 is 0. The van der Waals surface area contributed by atoms with E-state index < -0.39 is 0 Å². The number of phenolic OH excluding ortho intramolecular Hbond substituents is 1. The van der Waals surface area contributed by atoms with Gasteiger partial charge in [-0.1, -0.05) is 24.3 Å². The Kier molecular flexibility index (Phi) is 4.22. The largest absolute Gasteiger partial charge is 0.508 e. The van der Waals surface area contributed by atoms with Gasteiger partial charge in [-0.25, -0.2) is 0 Å². The second kappa shape index (κ2) is 6.52. The molecule has 2 N–H and O–H groups in total. The topological polar surface area (TPSA) is 60.8 Å². The van der Waals surface area contributed by atoms with E-state index in [1.165, 1.54) is 0 Å². The quantitative estimate of drug-likeness (QED) is 0.880. The first-order valence-electron chi connectivity index (χ1n) is 9.02. The fraction of sp³-hybridized carbons (Fsp3) is 0.381. The zero-order valence-corrected chi connectivity index (χ0v) is 14.1. The predicted molar refractivity (Wildman–Crippen MR) is 96.4 cm³/mol. The number of phenols is 1. The number of hydrogen-bond acceptors (Lipinski definition) is 3. The summed E-state index contributed by atoms with van der Waals surface area (Å²) in [5.41, 5.74) is 2.73. The maximum Gasteiger partial charge on any atom is 0.254 e. The molecule has 0 saturated carbocycles. The SMILES string of the molecule is O=C(c1ccc(-c2ccc(O)cc2)cc1)N1[C@@H]2CCC[C@H]1CC(O)C2. The highest BCUT2D eigenvalue weighted by molar-refractivity contribution is 5.95. The molecule has 4 heteroatoms. The van der Waals surface area contributed by atoms with E-state index in [1.54, 1.807) is 12.1 Å². The van der Waals surface area contributed by atoms with E-state index in [4.69, 9.17) is 0 Å². The van der Waals surface area contributed by atoms with Crippen molar-refractivity contribution in [1.82, 2.24) is 4.90 Å². The number of aliphatic hydroxyl groups excluding tert-OH is 1. The fourth-order valence-corrected chi connectivity index (χ4v) is 4.29. The van der Waals surface area contributed by atoms with Crippen molar-refractivity contribution < 1.29 is 15.0 Å². The summed E-state index contributed by atoms with van der Waals surface area (Å²) in [5, 5.41) is 19.4. The van der Waals surface area contributed by atoms with Crippen LogP contribution in [0.2, 0.25) is 0 Å². The van der Waals surface area contributed by atoms with Crippen molar-refractivity contribution >= 4 is 5.91 Å². The average Bonchev–Trinajstić information content (AvgIpc) is 2.61. The van der Waals surface area contributed by atoms with Crippen LogP contribution in [-0.2, 0) is 0 Å². The van der Waals surface area contributed by atoms with Crippen molar-refractivity contribution in [1.29, 1.82) is 0 Å². The van der Waals surface area contributed by atoms with Crippen molar-refractivity contribution in [2.24, 2.45) is 0 Å². The number of hydrogen-bond donors (Lipinski definition) is 2. The Bertz CT molecular complexity index is 740. The smallest absolute Gasteiger partial charge is 0.254 e. The number of aromatic hydroxyl groups is 1. The van der Waals surface area contributed by atoms with E-state index in [9.17, 15) is 15.0 Å². The Labute approximate surface area is 147 Å². The molecular formula is C21H23NO3. The first-order chi connectivity index (χ1) is 12.1. The molecule has 3 atom stereocenters. The Morgan fingerprint density at radius 1 is 0.880 bits per heavy atom. The lowest BCUT2D eigenvalue weighted by Crippen LogP contribution is -2.55. The zero-order valence-electron chi connectivity index (χ0n) is 14.1. The summed E-state index contributed by atoms with van der Waals surface area (Å²) in [4.78, 5) is 15.0. The van der Waals surface area contributed by atoms with Crippen LogP contribution in [0.15, 0.2) is 48.5 Å². The van der Waals surface area contributed by atoms with Gasteiger partial charge < -0.3 is 15.1 Å². The number of rotatable bonds is 2. The number of nitrogens with zero attached hydrogens (tertiary/aromatic N) is 1. The van der Waals surface area contributed by atoms with Crippen molar-refractivity contribution in [3.8, 4) is 16.9 Å². The van der Waals surface area contributed by atoms with Crippen LogP contribution in [-0.4, -0.2) is 39.2 Å². The average molecular weight is 337 g/mol. The molecule has 0 aromatic heterocycles. The molecule has 2 bridgehead atoms. The lowest BCUT2D eigenvalue weighted by Gasteiger charge is -2.47. The summed E-state index contributed by atoms with van der Waals surface area (Å²) in [7, 11) is 0. The van der Waals surface area contributed by atoms with Crippen LogP contribution in [0.1, 0.15) is 42.5 Å². The third-order valence-electron chi connectivity index (χ3n) is 5.52.